The molecule has 146 valence electrons. The smallest absolute Gasteiger partial charge is 0.247 e. The van der Waals surface area contributed by atoms with Crippen molar-refractivity contribution in [3.05, 3.63) is 65.0 Å². The number of rotatable bonds is 4. The first kappa shape index (κ1) is 18.7. The summed E-state index contributed by atoms with van der Waals surface area (Å²) in [6.07, 6.45) is 0. The Balaban J connectivity index is 1.43. The van der Waals surface area contributed by atoms with Crippen molar-refractivity contribution in [2.24, 2.45) is 0 Å². The molecule has 1 aromatic heterocycles. The molecule has 0 N–H and O–H groups in total. The fourth-order valence-corrected chi connectivity index (χ4v) is 3.88. The molecule has 1 atom stereocenters. The van der Waals surface area contributed by atoms with E-state index in [0.29, 0.717) is 11.8 Å². The van der Waals surface area contributed by atoms with Crippen LogP contribution in [0.3, 0.4) is 0 Å². The Kier molecular flexibility index (Phi) is 5.18. The van der Waals surface area contributed by atoms with Crippen LogP contribution in [-0.2, 0) is 0 Å². The lowest BCUT2D eigenvalue weighted by Gasteiger charge is -2.38. The third-order valence-electron chi connectivity index (χ3n) is 5.84. The van der Waals surface area contributed by atoms with Crippen LogP contribution < -0.4 is 4.90 Å². The molecule has 0 aliphatic carbocycles. The number of piperazine rings is 1. The summed E-state index contributed by atoms with van der Waals surface area (Å²) in [5.74, 6) is 1.29. The first-order valence-electron chi connectivity index (χ1n) is 9.98. The second-order valence-corrected chi connectivity index (χ2v) is 7.73. The van der Waals surface area contributed by atoms with Crippen LogP contribution in [-0.4, -0.2) is 41.3 Å². The van der Waals surface area contributed by atoms with Crippen molar-refractivity contribution in [3.63, 3.8) is 0 Å². The first-order chi connectivity index (χ1) is 13.5. The number of hydrogen-bond donors (Lipinski definition) is 0. The summed E-state index contributed by atoms with van der Waals surface area (Å²) in [4.78, 5) is 4.91. The summed E-state index contributed by atoms with van der Waals surface area (Å²) in [7, 11) is 0. The van der Waals surface area contributed by atoms with Gasteiger partial charge in [-0.05, 0) is 57.0 Å². The van der Waals surface area contributed by atoms with Crippen LogP contribution in [0.15, 0.2) is 46.9 Å². The Hall–Kier alpha value is -2.66. The molecule has 2 aromatic carbocycles. The lowest BCUT2D eigenvalue weighted by Crippen LogP contribution is -2.47. The summed E-state index contributed by atoms with van der Waals surface area (Å²) in [6.45, 7) is 12.6. The van der Waals surface area contributed by atoms with Gasteiger partial charge in [0.1, 0.15) is 0 Å². The highest BCUT2D eigenvalue weighted by molar-refractivity contribution is 5.56. The molecule has 0 radical (unpaired) electrons. The van der Waals surface area contributed by atoms with E-state index >= 15 is 0 Å². The van der Waals surface area contributed by atoms with E-state index in [1.54, 1.807) is 0 Å². The van der Waals surface area contributed by atoms with Crippen LogP contribution in [0.25, 0.3) is 11.5 Å². The molecule has 0 saturated carbocycles. The SMILES string of the molecule is Cc1cccc(-c2nnc([C@H](C)N3CCN(c4cccc(C)c4C)CC3)o2)c1. The number of anilines is 1. The average Bonchev–Trinajstić information content (AvgIpc) is 3.20. The summed E-state index contributed by atoms with van der Waals surface area (Å²) in [5, 5.41) is 8.60. The fraction of sp³-hybridized carbons (Fsp3) is 0.391. The highest BCUT2D eigenvalue weighted by Crippen LogP contribution is 2.28. The van der Waals surface area contributed by atoms with E-state index in [1.165, 1.54) is 22.4 Å². The van der Waals surface area contributed by atoms with Crippen LogP contribution in [0.1, 0.15) is 35.5 Å². The summed E-state index contributed by atoms with van der Waals surface area (Å²) < 4.78 is 6.01. The molecule has 1 fully saturated rings. The van der Waals surface area contributed by atoms with Crippen molar-refractivity contribution >= 4 is 5.69 Å². The topological polar surface area (TPSA) is 45.4 Å². The van der Waals surface area contributed by atoms with Gasteiger partial charge in [-0.25, -0.2) is 0 Å². The number of aromatic nitrogens is 2. The molecule has 5 nitrogen and oxygen atoms in total. The minimum Gasteiger partial charge on any atom is -0.419 e. The maximum Gasteiger partial charge on any atom is 0.247 e. The van der Waals surface area contributed by atoms with E-state index < -0.39 is 0 Å². The van der Waals surface area contributed by atoms with Gasteiger partial charge < -0.3 is 9.32 Å². The molecule has 3 aromatic rings. The van der Waals surface area contributed by atoms with E-state index in [1.807, 2.05) is 12.1 Å². The summed E-state index contributed by atoms with van der Waals surface area (Å²) in [5.41, 5.74) is 6.25. The molecule has 0 amide bonds. The normalized spacial score (nSPS) is 16.4. The molecule has 4 rings (SSSR count). The molecule has 28 heavy (non-hydrogen) atoms. The van der Waals surface area contributed by atoms with Crippen molar-refractivity contribution in [2.75, 3.05) is 31.1 Å². The zero-order valence-electron chi connectivity index (χ0n) is 17.1. The molecule has 1 saturated heterocycles. The molecule has 2 heterocycles. The minimum atomic E-state index is 0.117. The molecule has 1 aliphatic rings. The molecule has 1 aliphatic heterocycles. The second-order valence-electron chi connectivity index (χ2n) is 7.73. The molecular weight excluding hydrogens is 348 g/mol. The fourth-order valence-electron chi connectivity index (χ4n) is 3.88. The van der Waals surface area contributed by atoms with Crippen molar-refractivity contribution < 1.29 is 4.42 Å². The van der Waals surface area contributed by atoms with Gasteiger partial charge in [-0.3, -0.25) is 4.90 Å². The van der Waals surface area contributed by atoms with Crippen LogP contribution >= 0.6 is 0 Å². The molecule has 5 heteroatoms. The molecule has 0 unspecified atom stereocenters. The summed E-state index contributed by atoms with van der Waals surface area (Å²) >= 11 is 0. The quantitative estimate of drug-likeness (QED) is 0.669. The van der Waals surface area contributed by atoms with Gasteiger partial charge in [0.15, 0.2) is 0 Å². The van der Waals surface area contributed by atoms with Gasteiger partial charge in [0.25, 0.3) is 0 Å². The van der Waals surface area contributed by atoms with Crippen LogP contribution in [0.5, 0.6) is 0 Å². The van der Waals surface area contributed by atoms with Gasteiger partial charge in [0, 0.05) is 37.4 Å². The number of benzene rings is 2. The molecule has 0 spiro atoms. The lowest BCUT2D eigenvalue weighted by atomic mass is 10.1. The average molecular weight is 377 g/mol. The standard InChI is InChI=1S/C23H28N4O/c1-16-7-5-9-20(15-16)23-25-24-22(28-23)19(4)26-11-13-27(14-12-26)21-10-6-8-17(2)18(21)3/h5-10,15,19H,11-14H2,1-4H3/t19-/m0/s1. The largest absolute Gasteiger partial charge is 0.419 e. The summed E-state index contributed by atoms with van der Waals surface area (Å²) in [6, 6.07) is 14.8. The minimum absolute atomic E-state index is 0.117. The number of aryl methyl sites for hydroxylation is 2. The Morgan fingerprint density at radius 2 is 1.68 bits per heavy atom. The number of hydrogen-bond acceptors (Lipinski definition) is 5. The zero-order valence-corrected chi connectivity index (χ0v) is 17.1. The van der Waals surface area contributed by atoms with Crippen molar-refractivity contribution in [2.45, 2.75) is 33.7 Å². The van der Waals surface area contributed by atoms with E-state index in [4.69, 9.17) is 4.42 Å². The van der Waals surface area contributed by atoms with Gasteiger partial charge in [-0.15, -0.1) is 10.2 Å². The van der Waals surface area contributed by atoms with Crippen LogP contribution in [0.4, 0.5) is 5.69 Å². The third kappa shape index (κ3) is 3.67. The number of nitrogens with zero attached hydrogens (tertiary/aromatic N) is 4. The monoisotopic (exact) mass is 376 g/mol. The maximum atomic E-state index is 6.01. The van der Waals surface area contributed by atoms with Crippen molar-refractivity contribution in [1.29, 1.82) is 0 Å². The Morgan fingerprint density at radius 3 is 2.43 bits per heavy atom. The predicted molar refractivity (Wildman–Crippen MR) is 113 cm³/mol. The maximum absolute atomic E-state index is 6.01. The van der Waals surface area contributed by atoms with Crippen LogP contribution in [0.2, 0.25) is 0 Å². The first-order valence-corrected chi connectivity index (χ1v) is 9.98. The van der Waals surface area contributed by atoms with E-state index in [2.05, 4.69) is 78.0 Å². The Bertz CT molecular complexity index is 957. The Morgan fingerprint density at radius 1 is 0.929 bits per heavy atom. The predicted octanol–water partition coefficient (Wildman–Crippen LogP) is 4.55. The van der Waals surface area contributed by atoms with E-state index in [-0.39, 0.29) is 6.04 Å². The third-order valence-corrected chi connectivity index (χ3v) is 5.84. The highest BCUT2D eigenvalue weighted by Gasteiger charge is 2.26. The Labute approximate surface area is 167 Å². The van der Waals surface area contributed by atoms with E-state index in [0.717, 1.165) is 31.7 Å². The van der Waals surface area contributed by atoms with Gasteiger partial charge in [0.05, 0.1) is 6.04 Å². The van der Waals surface area contributed by atoms with Gasteiger partial charge in [-0.1, -0.05) is 29.8 Å². The van der Waals surface area contributed by atoms with Crippen molar-refractivity contribution in [3.8, 4) is 11.5 Å². The molecule has 0 bridgehead atoms. The second kappa shape index (κ2) is 7.76. The van der Waals surface area contributed by atoms with Gasteiger partial charge in [0.2, 0.25) is 11.8 Å². The van der Waals surface area contributed by atoms with Gasteiger partial charge in [-0.2, -0.15) is 0 Å². The lowest BCUT2D eigenvalue weighted by molar-refractivity contribution is 0.173. The van der Waals surface area contributed by atoms with Crippen LogP contribution in [0, 0.1) is 20.8 Å². The molecular formula is C23H28N4O. The zero-order chi connectivity index (χ0) is 19.7. The van der Waals surface area contributed by atoms with Crippen molar-refractivity contribution in [1.82, 2.24) is 15.1 Å². The van der Waals surface area contributed by atoms with E-state index in [9.17, 15) is 0 Å². The van der Waals surface area contributed by atoms with Gasteiger partial charge >= 0.3 is 0 Å². The highest BCUT2D eigenvalue weighted by atomic mass is 16.4.